The summed E-state index contributed by atoms with van der Waals surface area (Å²) >= 11 is 5.91. The maximum atomic E-state index is 13.7. The third kappa shape index (κ3) is 2.61. The van der Waals surface area contributed by atoms with Gasteiger partial charge in [-0.05, 0) is 17.7 Å². The molecule has 2 aromatic carbocycles. The maximum Gasteiger partial charge on any atom is 0.419 e. The van der Waals surface area contributed by atoms with E-state index in [4.69, 9.17) is 11.6 Å². The number of fused-ring (bicyclic) bond motifs is 1. The standard InChI is InChI=1S/C17H11ClF3NO/c1-10(23)22-14-9-12(18)7-8-13(14)15(17(19,20)21)16(22)11-5-3-2-4-6-11/h2-9H,1H3. The molecule has 0 fully saturated rings. The van der Waals surface area contributed by atoms with Gasteiger partial charge < -0.3 is 0 Å². The van der Waals surface area contributed by atoms with Gasteiger partial charge in [0.05, 0.1) is 16.8 Å². The van der Waals surface area contributed by atoms with Crippen molar-refractivity contribution in [1.82, 2.24) is 4.57 Å². The summed E-state index contributed by atoms with van der Waals surface area (Å²) in [5.41, 5.74) is -0.521. The Bertz CT molecular complexity index is 898. The van der Waals surface area contributed by atoms with Gasteiger partial charge in [-0.15, -0.1) is 0 Å². The van der Waals surface area contributed by atoms with Crippen molar-refractivity contribution in [2.75, 3.05) is 0 Å². The van der Waals surface area contributed by atoms with E-state index in [0.29, 0.717) is 5.56 Å². The minimum Gasteiger partial charge on any atom is -0.279 e. The van der Waals surface area contributed by atoms with E-state index >= 15 is 0 Å². The lowest BCUT2D eigenvalue weighted by Gasteiger charge is -2.11. The molecule has 1 aromatic heterocycles. The number of benzene rings is 2. The molecule has 0 atom stereocenters. The molecule has 0 N–H and O–H groups in total. The average molecular weight is 338 g/mol. The van der Waals surface area contributed by atoms with Gasteiger partial charge in [0.25, 0.3) is 0 Å². The topological polar surface area (TPSA) is 22.0 Å². The predicted octanol–water partition coefficient (Wildman–Crippen LogP) is 5.64. The lowest BCUT2D eigenvalue weighted by molar-refractivity contribution is -0.135. The molecule has 0 bridgehead atoms. The van der Waals surface area contributed by atoms with Crippen LogP contribution in [-0.2, 0) is 6.18 Å². The molecule has 0 aliphatic heterocycles. The fourth-order valence-corrected chi connectivity index (χ4v) is 2.91. The molecular formula is C17H11ClF3NO. The van der Waals surface area contributed by atoms with Crippen LogP contribution in [0.2, 0.25) is 5.02 Å². The lowest BCUT2D eigenvalue weighted by Crippen LogP contribution is -2.11. The highest BCUT2D eigenvalue weighted by molar-refractivity contribution is 6.31. The highest BCUT2D eigenvalue weighted by atomic mass is 35.5. The zero-order valence-electron chi connectivity index (χ0n) is 12.0. The molecule has 0 saturated carbocycles. The monoisotopic (exact) mass is 337 g/mol. The van der Waals surface area contributed by atoms with E-state index < -0.39 is 17.6 Å². The number of halogens is 4. The second-order valence-electron chi connectivity index (χ2n) is 5.10. The van der Waals surface area contributed by atoms with E-state index in [0.717, 1.165) is 4.57 Å². The van der Waals surface area contributed by atoms with Gasteiger partial charge in [-0.2, -0.15) is 13.2 Å². The number of nitrogens with zero attached hydrogens (tertiary/aromatic N) is 1. The zero-order chi connectivity index (χ0) is 16.8. The number of hydrogen-bond acceptors (Lipinski definition) is 1. The third-order valence-corrected chi connectivity index (χ3v) is 3.81. The quantitative estimate of drug-likeness (QED) is 0.563. The highest BCUT2D eigenvalue weighted by Crippen LogP contribution is 2.44. The van der Waals surface area contributed by atoms with Gasteiger partial charge in [0.15, 0.2) is 0 Å². The molecule has 0 amide bonds. The van der Waals surface area contributed by atoms with Crippen LogP contribution in [0.25, 0.3) is 22.2 Å². The molecule has 118 valence electrons. The van der Waals surface area contributed by atoms with Crippen molar-refractivity contribution in [3.63, 3.8) is 0 Å². The van der Waals surface area contributed by atoms with Crippen LogP contribution in [0.15, 0.2) is 48.5 Å². The highest BCUT2D eigenvalue weighted by Gasteiger charge is 2.39. The van der Waals surface area contributed by atoms with Crippen molar-refractivity contribution in [3.8, 4) is 11.3 Å². The summed E-state index contributed by atoms with van der Waals surface area (Å²) in [6.07, 6.45) is -4.60. The smallest absolute Gasteiger partial charge is 0.279 e. The van der Waals surface area contributed by atoms with Crippen molar-refractivity contribution in [3.05, 3.63) is 59.1 Å². The van der Waals surface area contributed by atoms with E-state index in [2.05, 4.69) is 0 Å². The van der Waals surface area contributed by atoms with E-state index in [1.54, 1.807) is 30.3 Å². The Kier molecular flexibility index (Phi) is 3.68. The largest absolute Gasteiger partial charge is 0.419 e. The van der Waals surface area contributed by atoms with Gasteiger partial charge in [0, 0.05) is 17.3 Å². The molecule has 2 nitrogen and oxygen atoms in total. The summed E-state index contributed by atoms with van der Waals surface area (Å²) in [5, 5.41) is 0.224. The number of aromatic nitrogens is 1. The molecule has 1 heterocycles. The predicted molar refractivity (Wildman–Crippen MR) is 83.7 cm³/mol. The summed E-state index contributed by atoms with van der Waals surface area (Å²) in [6, 6.07) is 12.1. The third-order valence-electron chi connectivity index (χ3n) is 3.58. The van der Waals surface area contributed by atoms with Gasteiger partial charge in [0.1, 0.15) is 0 Å². The van der Waals surface area contributed by atoms with Gasteiger partial charge in [-0.3, -0.25) is 9.36 Å². The Hall–Kier alpha value is -2.27. The van der Waals surface area contributed by atoms with Crippen LogP contribution in [0.5, 0.6) is 0 Å². The summed E-state index contributed by atoms with van der Waals surface area (Å²) in [4.78, 5) is 12.1. The molecule has 0 aliphatic carbocycles. The first-order valence-corrected chi connectivity index (χ1v) is 7.16. The number of rotatable bonds is 1. The van der Waals surface area contributed by atoms with Crippen molar-refractivity contribution in [2.45, 2.75) is 13.1 Å². The van der Waals surface area contributed by atoms with E-state index in [-0.39, 0.29) is 21.6 Å². The van der Waals surface area contributed by atoms with Crippen LogP contribution < -0.4 is 0 Å². The van der Waals surface area contributed by atoms with E-state index in [1.807, 2.05) is 0 Å². The van der Waals surface area contributed by atoms with Crippen molar-refractivity contribution < 1.29 is 18.0 Å². The van der Waals surface area contributed by atoms with Crippen molar-refractivity contribution in [2.24, 2.45) is 0 Å². The fraction of sp³-hybridized carbons (Fsp3) is 0.118. The van der Waals surface area contributed by atoms with Crippen molar-refractivity contribution >= 4 is 28.4 Å². The number of carbonyl (C=O) groups is 1. The summed E-state index contributed by atoms with van der Waals surface area (Å²) in [5.74, 6) is -0.508. The maximum absolute atomic E-state index is 13.7. The second-order valence-corrected chi connectivity index (χ2v) is 5.54. The first kappa shape index (κ1) is 15.6. The first-order valence-electron chi connectivity index (χ1n) is 6.78. The number of alkyl halides is 3. The Morgan fingerprint density at radius 1 is 1.09 bits per heavy atom. The molecule has 0 radical (unpaired) electrons. The molecule has 0 aliphatic rings. The minimum atomic E-state index is -4.60. The molecule has 3 aromatic rings. The molecule has 6 heteroatoms. The van der Waals surface area contributed by atoms with Gasteiger partial charge in [-0.25, -0.2) is 0 Å². The van der Waals surface area contributed by atoms with Crippen LogP contribution >= 0.6 is 11.6 Å². The van der Waals surface area contributed by atoms with E-state index in [9.17, 15) is 18.0 Å². The van der Waals surface area contributed by atoms with Gasteiger partial charge in [-0.1, -0.05) is 48.0 Å². The second kappa shape index (κ2) is 5.42. The Labute approximate surface area is 135 Å². The molecule has 23 heavy (non-hydrogen) atoms. The van der Waals surface area contributed by atoms with Crippen LogP contribution in [0.4, 0.5) is 13.2 Å². The van der Waals surface area contributed by atoms with Gasteiger partial charge >= 0.3 is 6.18 Å². The Balaban J connectivity index is 2.54. The number of hydrogen-bond donors (Lipinski definition) is 0. The molecule has 0 saturated heterocycles. The van der Waals surface area contributed by atoms with Crippen LogP contribution in [0.1, 0.15) is 17.3 Å². The lowest BCUT2D eigenvalue weighted by atomic mass is 10.0. The minimum absolute atomic E-state index is 0.0454. The summed E-state index contributed by atoms with van der Waals surface area (Å²) in [6.45, 7) is 1.23. The van der Waals surface area contributed by atoms with Crippen LogP contribution in [0, 0.1) is 0 Å². The summed E-state index contributed by atoms with van der Waals surface area (Å²) < 4.78 is 42.1. The number of carbonyl (C=O) groups excluding carboxylic acids is 1. The SMILES string of the molecule is CC(=O)n1c(-c2ccccc2)c(C(F)(F)F)c2ccc(Cl)cc21. The summed E-state index contributed by atoms with van der Waals surface area (Å²) in [7, 11) is 0. The van der Waals surface area contributed by atoms with Crippen LogP contribution in [-0.4, -0.2) is 10.5 Å². The normalized spacial score (nSPS) is 11.9. The van der Waals surface area contributed by atoms with Crippen LogP contribution in [0.3, 0.4) is 0 Å². The Morgan fingerprint density at radius 3 is 2.30 bits per heavy atom. The Morgan fingerprint density at radius 2 is 1.74 bits per heavy atom. The average Bonchev–Trinajstić information content (AvgIpc) is 2.82. The zero-order valence-corrected chi connectivity index (χ0v) is 12.7. The molecule has 0 unspecified atom stereocenters. The molecule has 0 spiro atoms. The van der Waals surface area contributed by atoms with E-state index in [1.165, 1.54) is 25.1 Å². The fourth-order valence-electron chi connectivity index (χ4n) is 2.74. The van der Waals surface area contributed by atoms with Crippen molar-refractivity contribution in [1.29, 1.82) is 0 Å². The van der Waals surface area contributed by atoms with Gasteiger partial charge in [0.2, 0.25) is 5.91 Å². The molecule has 3 rings (SSSR count). The first-order chi connectivity index (χ1) is 10.8. The molecular weight excluding hydrogens is 327 g/mol.